The SMILES string of the molecule is C=CCS(=O)(=O)N1CCCC(c2cccc(CC(=O)OC)c2)C1.Clc1ccccc1Cl. The van der Waals surface area contributed by atoms with E-state index in [4.69, 9.17) is 27.9 Å². The van der Waals surface area contributed by atoms with Crippen LogP contribution in [0.25, 0.3) is 0 Å². The zero-order valence-electron chi connectivity index (χ0n) is 17.5. The summed E-state index contributed by atoms with van der Waals surface area (Å²) in [6.07, 6.45) is 3.44. The summed E-state index contributed by atoms with van der Waals surface area (Å²) in [5.74, 6) is -0.149. The van der Waals surface area contributed by atoms with Gasteiger partial charge in [0.05, 0.1) is 29.3 Å². The molecule has 5 nitrogen and oxygen atoms in total. The molecule has 0 amide bonds. The van der Waals surface area contributed by atoms with Gasteiger partial charge < -0.3 is 4.74 Å². The van der Waals surface area contributed by atoms with E-state index in [1.807, 2.05) is 36.4 Å². The number of esters is 1. The van der Waals surface area contributed by atoms with Gasteiger partial charge in [0.25, 0.3) is 0 Å². The number of carbonyl (C=O) groups is 1. The van der Waals surface area contributed by atoms with E-state index in [2.05, 4.69) is 6.58 Å². The molecule has 1 fully saturated rings. The zero-order chi connectivity index (χ0) is 22.9. The second-order valence-corrected chi connectivity index (χ2v) is 10.0. The van der Waals surface area contributed by atoms with Crippen LogP contribution in [-0.2, 0) is 26.0 Å². The van der Waals surface area contributed by atoms with Crippen molar-refractivity contribution >= 4 is 39.2 Å². The predicted octanol–water partition coefficient (Wildman–Crippen LogP) is 5.09. The van der Waals surface area contributed by atoms with Gasteiger partial charge in [0, 0.05) is 13.1 Å². The molecular weight excluding hydrogens is 457 g/mol. The van der Waals surface area contributed by atoms with Crippen molar-refractivity contribution in [1.82, 2.24) is 4.31 Å². The highest BCUT2D eigenvalue weighted by atomic mass is 35.5. The highest BCUT2D eigenvalue weighted by molar-refractivity contribution is 7.89. The van der Waals surface area contributed by atoms with Gasteiger partial charge in [-0.25, -0.2) is 12.7 Å². The van der Waals surface area contributed by atoms with Crippen LogP contribution in [0.2, 0.25) is 10.0 Å². The molecule has 1 saturated heterocycles. The molecule has 168 valence electrons. The number of carbonyl (C=O) groups excluding carboxylic acids is 1. The van der Waals surface area contributed by atoms with Crippen LogP contribution < -0.4 is 0 Å². The normalized spacial score (nSPS) is 16.7. The van der Waals surface area contributed by atoms with Crippen LogP contribution in [0.5, 0.6) is 0 Å². The van der Waals surface area contributed by atoms with Gasteiger partial charge in [0.1, 0.15) is 0 Å². The number of hydrogen-bond donors (Lipinski definition) is 0. The number of halogens is 2. The van der Waals surface area contributed by atoms with Crippen LogP contribution in [0.3, 0.4) is 0 Å². The van der Waals surface area contributed by atoms with E-state index in [9.17, 15) is 13.2 Å². The van der Waals surface area contributed by atoms with Crippen molar-refractivity contribution in [2.24, 2.45) is 0 Å². The molecule has 3 rings (SSSR count). The van der Waals surface area contributed by atoms with Crippen molar-refractivity contribution in [2.45, 2.75) is 25.2 Å². The standard InChI is InChI=1S/C17H23NO4S.C6H4Cl2/c1-3-10-23(20,21)18-9-5-8-16(13-18)15-7-4-6-14(11-15)12-17(19)22-2;7-5-3-1-2-4-6(5)8/h3-4,6-7,11,16H,1,5,8-10,12-13H2,2H3;1-4H. The van der Waals surface area contributed by atoms with Crippen molar-refractivity contribution in [3.8, 4) is 0 Å². The summed E-state index contributed by atoms with van der Waals surface area (Å²) in [7, 11) is -1.90. The third-order valence-electron chi connectivity index (χ3n) is 4.93. The summed E-state index contributed by atoms with van der Waals surface area (Å²) in [5.41, 5.74) is 1.96. The number of methoxy groups -OCH3 is 1. The van der Waals surface area contributed by atoms with Gasteiger partial charge in [0.15, 0.2) is 0 Å². The highest BCUT2D eigenvalue weighted by Crippen LogP contribution is 2.29. The van der Waals surface area contributed by atoms with Crippen LogP contribution >= 0.6 is 23.2 Å². The first kappa shape index (κ1) is 25.4. The lowest BCUT2D eigenvalue weighted by Crippen LogP contribution is -2.40. The molecule has 0 N–H and O–H groups in total. The van der Waals surface area contributed by atoms with Gasteiger partial charge in [-0.05, 0) is 42.0 Å². The third-order valence-corrected chi connectivity index (χ3v) is 7.46. The fourth-order valence-electron chi connectivity index (χ4n) is 3.36. The number of ether oxygens (including phenoxy) is 1. The summed E-state index contributed by atoms with van der Waals surface area (Å²) in [6, 6.07) is 15.0. The molecule has 1 unspecified atom stereocenters. The van der Waals surface area contributed by atoms with Gasteiger partial charge >= 0.3 is 5.97 Å². The van der Waals surface area contributed by atoms with Crippen LogP contribution in [0, 0.1) is 0 Å². The van der Waals surface area contributed by atoms with Crippen molar-refractivity contribution in [3.05, 3.63) is 82.4 Å². The first-order valence-corrected chi connectivity index (χ1v) is 12.3. The Balaban J connectivity index is 0.000000357. The highest BCUT2D eigenvalue weighted by Gasteiger charge is 2.28. The second kappa shape index (κ2) is 12.2. The van der Waals surface area contributed by atoms with E-state index in [0.717, 1.165) is 24.0 Å². The van der Waals surface area contributed by atoms with Gasteiger partial charge in [-0.15, -0.1) is 6.58 Å². The number of hydrogen-bond acceptors (Lipinski definition) is 4. The second-order valence-electron chi connectivity index (χ2n) is 7.18. The number of rotatable bonds is 6. The maximum absolute atomic E-state index is 12.2. The quantitative estimate of drug-likeness (QED) is 0.423. The number of sulfonamides is 1. The van der Waals surface area contributed by atoms with E-state index in [1.54, 1.807) is 16.4 Å². The van der Waals surface area contributed by atoms with Gasteiger partial charge in [-0.2, -0.15) is 0 Å². The average molecular weight is 484 g/mol. The zero-order valence-corrected chi connectivity index (χ0v) is 19.8. The molecule has 0 spiro atoms. The lowest BCUT2D eigenvalue weighted by atomic mass is 9.90. The summed E-state index contributed by atoms with van der Waals surface area (Å²) in [5, 5.41) is 1.21. The maximum atomic E-state index is 12.2. The van der Waals surface area contributed by atoms with E-state index < -0.39 is 10.0 Å². The van der Waals surface area contributed by atoms with Crippen molar-refractivity contribution < 1.29 is 17.9 Å². The van der Waals surface area contributed by atoms with Crippen molar-refractivity contribution in [3.63, 3.8) is 0 Å². The first-order valence-electron chi connectivity index (χ1n) is 9.91. The molecule has 0 aromatic heterocycles. The molecule has 2 aromatic rings. The molecule has 0 bridgehead atoms. The fraction of sp³-hybridized carbons (Fsp3) is 0.348. The van der Waals surface area contributed by atoms with Gasteiger partial charge in [0.2, 0.25) is 10.0 Å². The Kier molecular flexibility index (Phi) is 10.0. The average Bonchev–Trinajstić information content (AvgIpc) is 2.76. The summed E-state index contributed by atoms with van der Waals surface area (Å²) < 4.78 is 30.7. The molecular formula is C23H27Cl2NO4S. The lowest BCUT2D eigenvalue weighted by Gasteiger charge is -2.32. The monoisotopic (exact) mass is 483 g/mol. The minimum Gasteiger partial charge on any atom is -0.469 e. The minimum atomic E-state index is -3.27. The molecule has 0 saturated carbocycles. The van der Waals surface area contributed by atoms with Crippen LogP contribution in [0.15, 0.2) is 61.2 Å². The summed E-state index contributed by atoms with van der Waals surface area (Å²) >= 11 is 11.2. The maximum Gasteiger partial charge on any atom is 0.309 e. The van der Waals surface area contributed by atoms with Crippen LogP contribution in [-0.4, -0.2) is 44.6 Å². The van der Waals surface area contributed by atoms with Gasteiger partial charge in [-0.1, -0.05) is 65.7 Å². The topological polar surface area (TPSA) is 63.7 Å². The molecule has 1 aliphatic rings. The number of nitrogens with zero attached hydrogens (tertiary/aromatic N) is 1. The Bertz CT molecular complexity index is 974. The Morgan fingerprint density at radius 3 is 2.45 bits per heavy atom. The van der Waals surface area contributed by atoms with E-state index in [0.29, 0.717) is 23.1 Å². The largest absolute Gasteiger partial charge is 0.469 e. The van der Waals surface area contributed by atoms with Crippen LogP contribution in [0.1, 0.15) is 29.9 Å². The Morgan fingerprint density at radius 2 is 1.87 bits per heavy atom. The molecule has 0 radical (unpaired) electrons. The number of benzene rings is 2. The van der Waals surface area contributed by atoms with Gasteiger partial charge in [-0.3, -0.25) is 4.79 Å². The molecule has 1 atom stereocenters. The molecule has 1 heterocycles. The first-order chi connectivity index (χ1) is 14.8. The molecule has 0 aliphatic carbocycles. The predicted molar refractivity (Wildman–Crippen MR) is 126 cm³/mol. The summed E-state index contributed by atoms with van der Waals surface area (Å²) in [6.45, 7) is 4.56. The third kappa shape index (κ3) is 7.96. The molecule has 8 heteroatoms. The Labute approximate surface area is 194 Å². The van der Waals surface area contributed by atoms with E-state index >= 15 is 0 Å². The molecule has 1 aliphatic heterocycles. The lowest BCUT2D eigenvalue weighted by molar-refractivity contribution is -0.139. The van der Waals surface area contributed by atoms with E-state index in [1.165, 1.54) is 13.2 Å². The molecule has 2 aromatic carbocycles. The molecule has 31 heavy (non-hydrogen) atoms. The number of piperidine rings is 1. The fourth-order valence-corrected chi connectivity index (χ4v) is 4.95. The Morgan fingerprint density at radius 1 is 1.19 bits per heavy atom. The summed E-state index contributed by atoms with van der Waals surface area (Å²) in [4.78, 5) is 11.4. The minimum absolute atomic E-state index is 0.0257. The van der Waals surface area contributed by atoms with Crippen LogP contribution in [0.4, 0.5) is 0 Å². The van der Waals surface area contributed by atoms with E-state index in [-0.39, 0.29) is 24.1 Å². The van der Waals surface area contributed by atoms with Crippen molar-refractivity contribution in [1.29, 1.82) is 0 Å². The smallest absolute Gasteiger partial charge is 0.309 e. The Hall–Kier alpha value is -1.86. The van der Waals surface area contributed by atoms with Crippen molar-refractivity contribution in [2.75, 3.05) is 26.0 Å².